The van der Waals surface area contributed by atoms with Gasteiger partial charge in [-0.3, -0.25) is 4.79 Å². The molecule has 1 unspecified atom stereocenters. The Bertz CT molecular complexity index is 640. The average Bonchev–Trinajstić information content (AvgIpc) is 2.81. The first-order valence-electron chi connectivity index (χ1n) is 8.40. The van der Waals surface area contributed by atoms with E-state index in [4.69, 9.17) is 9.47 Å². The van der Waals surface area contributed by atoms with Crippen LogP contribution in [0.4, 0.5) is 0 Å². The zero-order valence-electron chi connectivity index (χ0n) is 13.9. The summed E-state index contributed by atoms with van der Waals surface area (Å²) < 4.78 is 11.5. The van der Waals surface area contributed by atoms with Crippen molar-refractivity contribution in [3.8, 4) is 0 Å². The molecule has 0 N–H and O–H groups in total. The molecule has 1 atom stereocenters. The largest absolute Gasteiger partial charge is 0.426 e. The van der Waals surface area contributed by atoms with Gasteiger partial charge in [-0.25, -0.2) is 0 Å². The van der Waals surface area contributed by atoms with Gasteiger partial charge in [0.25, 0.3) is 0 Å². The molecule has 1 saturated carbocycles. The first kappa shape index (κ1) is 16.0. The molecule has 3 nitrogen and oxygen atoms in total. The van der Waals surface area contributed by atoms with Crippen LogP contribution >= 0.6 is 0 Å². The monoisotopic (exact) mass is 312 g/mol. The maximum atomic E-state index is 11.5. The lowest BCUT2D eigenvalue weighted by Gasteiger charge is -2.24. The van der Waals surface area contributed by atoms with Crippen LogP contribution in [0, 0.1) is 5.92 Å². The molecule has 1 fully saturated rings. The first-order chi connectivity index (χ1) is 11.2. The molecule has 2 aliphatic carbocycles. The summed E-state index contributed by atoms with van der Waals surface area (Å²) in [6, 6.07) is 10.2. The molecule has 0 saturated heterocycles. The Labute approximate surface area is 138 Å². The fourth-order valence-electron chi connectivity index (χ4n) is 3.70. The Morgan fingerprint density at radius 2 is 1.96 bits per heavy atom. The second-order valence-corrected chi connectivity index (χ2v) is 6.38. The average molecular weight is 312 g/mol. The summed E-state index contributed by atoms with van der Waals surface area (Å²) in [6.45, 7) is 4.66. The van der Waals surface area contributed by atoms with E-state index < -0.39 is 0 Å². The highest BCUT2D eigenvalue weighted by Crippen LogP contribution is 2.45. The summed E-state index contributed by atoms with van der Waals surface area (Å²) in [5.41, 5.74) is 4.92. The molecule has 122 valence electrons. The number of fused-ring (bicyclic) bond motifs is 1. The summed E-state index contributed by atoms with van der Waals surface area (Å²) in [6.07, 6.45) is 4.72. The van der Waals surface area contributed by atoms with Crippen LogP contribution in [0.15, 0.2) is 52.8 Å². The molecule has 1 aromatic rings. The van der Waals surface area contributed by atoms with E-state index in [1.807, 2.05) is 18.2 Å². The molecule has 3 heteroatoms. The smallest absolute Gasteiger partial charge is 0.308 e. The van der Waals surface area contributed by atoms with E-state index in [9.17, 15) is 4.79 Å². The molecule has 0 aromatic heterocycles. The second kappa shape index (κ2) is 7.14. The van der Waals surface area contributed by atoms with Gasteiger partial charge in [0.15, 0.2) is 0 Å². The standard InChI is InChI=1S/C20H24O3/c1-14-17-10-6-7-11-18(17)19(20(14)23-15(2)21)13-22-12-16-8-4-3-5-9-16/h3-5,8-9,18H,6-7,10-13H2,1-2H3. The zero-order valence-corrected chi connectivity index (χ0v) is 13.9. The molecule has 3 rings (SSSR count). The quantitative estimate of drug-likeness (QED) is 0.749. The first-order valence-corrected chi connectivity index (χ1v) is 8.40. The third kappa shape index (κ3) is 3.56. The predicted molar refractivity (Wildman–Crippen MR) is 89.5 cm³/mol. The number of ether oxygens (including phenoxy) is 2. The minimum atomic E-state index is -0.251. The predicted octanol–water partition coefficient (Wildman–Crippen LogP) is 4.54. The van der Waals surface area contributed by atoms with Gasteiger partial charge in [-0.1, -0.05) is 42.3 Å². The van der Waals surface area contributed by atoms with E-state index in [-0.39, 0.29) is 5.97 Å². The molecular formula is C20H24O3. The van der Waals surface area contributed by atoms with Gasteiger partial charge in [0.1, 0.15) is 5.76 Å². The highest BCUT2D eigenvalue weighted by Gasteiger charge is 2.34. The number of carbonyl (C=O) groups is 1. The maximum Gasteiger partial charge on any atom is 0.308 e. The van der Waals surface area contributed by atoms with E-state index >= 15 is 0 Å². The molecule has 0 aliphatic heterocycles. The van der Waals surface area contributed by atoms with Gasteiger partial charge in [-0.05, 0) is 37.3 Å². The number of esters is 1. The van der Waals surface area contributed by atoms with Crippen molar-refractivity contribution >= 4 is 5.97 Å². The molecule has 0 spiro atoms. The van der Waals surface area contributed by atoms with E-state index in [0.717, 1.165) is 35.3 Å². The van der Waals surface area contributed by atoms with Crippen LogP contribution in [0.3, 0.4) is 0 Å². The van der Waals surface area contributed by atoms with Crippen molar-refractivity contribution in [2.45, 2.75) is 46.1 Å². The van der Waals surface area contributed by atoms with Gasteiger partial charge in [-0.15, -0.1) is 0 Å². The van der Waals surface area contributed by atoms with Crippen LogP contribution in [-0.4, -0.2) is 12.6 Å². The molecule has 23 heavy (non-hydrogen) atoms. The Kier molecular flexibility index (Phi) is 4.97. The number of carbonyl (C=O) groups excluding carboxylic acids is 1. The van der Waals surface area contributed by atoms with E-state index in [1.54, 1.807) is 0 Å². The molecule has 0 amide bonds. The van der Waals surface area contributed by atoms with Gasteiger partial charge < -0.3 is 9.47 Å². The highest BCUT2D eigenvalue weighted by atomic mass is 16.5. The number of hydrogen-bond donors (Lipinski definition) is 0. The van der Waals surface area contributed by atoms with Crippen LogP contribution in [0.2, 0.25) is 0 Å². The van der Waals surface area contributed by atoms with Crippen LogP contribution in [-0.2, 0) is 20.9 Å². The Morgan fingerprint density at radius 3 is 2.70 bits per heavy atom. The minimum Gasteiger partial charge on any atom is -0.426 e. The summed E-state index contributed by atoms with van der Waals surface area (Å²) in [5, 5.41) is 0. The lowest BCUT2D eigenvalue weighted by Crippen LogP contribution is -2.14. The molecule has 1 aromatic carbocycles. The van der Waals surface area contributed by atoms with Crippen molar-refractivity contribution in [3.63, 3.8) is 0 Å². The van der Waals surface area contributed by atoms with Gasteiger partial charge in [0, 0.05) is 18.4 Å². The van der Waals surface area contributed by atoms with Crippen molar-refractivity contribution in [2.24, 2.45) is 5.92 Å². The van der Waals surface area contributed by atoms with E-state index in [1.165, 1.54) is 25.3 Å². The molecule has 0 bridgehead atoms. The van der Waals surface area contributed by atoms with Gasteiger partial charge in [-0.2, -0.15) is 0 Å². The fourth-order valence-corrected chi connectivity index (χ4v) is 3.70. The number of hydrogen-bond acceptors (Lipinski definition) is 3. The van der Waals surface area contributed by atoms with Crippen molar-refractivity contribution in [1.82, 2.24) is 0 Å². The lowest BCUT2D eigenvalue weighted by atomic mass is 9.82. The number of rotatable bonds is 5. The highest BCUT2D eigenvalue weighted by molar-refractivity contribution is 5.69. The van der Waals surface area contributed by atoms with Gasteiger partial charge in [0.2, 0.25) is 0 Å². The van der Waals surface area contributed by atoms with E-state index in [0.29, 0.717) is 19.1 Å². The van der Waals surface area contributed by atoms with Crippen LogP contribution < -0.4 is 0 Å². The van der Waals surface area contributed by atoms with E-state index in [2.05, 4.69) is 19.1 Å². The zero-order chi connectivity index (χ0) is 16.2. The van der Waals surface area contributed by atoms with Gasteiger partial charge in [0.05, 0.1) is 13.2 Å². The van der Waals surface area contributed by atoms with Gasteiger partial charge >= 0.3 is 5.97 Å². The Balaban J connectivity index is 1.73. The van der Waals surface area contributed by atoms with Crippen molar-refractivity contribution in [1.29, 1.82) is 0 Å². The van der Waals surface area contributed by atoms with Crippen LogP contribution in [0.1, 0.15) is 45.1 Å². The summed E-state index contributed by atoms with van der Waals surface area (Å²) in [5.74, 6) is 0.931. The normalized spacial score (nSPS) is 20.7. The summed E-state index contributed by atoms with van der Waals surface area (Å²) >= 11 is 0. The van der Waals surface area contributed by atoms with Crippen molar-refractivity contribution in [3.05, 3.63) is 58.4 Å². The third-order valence-corrected chi connectivity index (χ3v) is 4.76. The van der Waals surface area contributed by atoms with Crippen LogP contribution in [0.25, 0.3) is 0 Å². The summed E-state index contributed by atoms with van der Waals surface area (Å²) in [7, 11) is 0. The molecule has 2 aliphatic rings. The Morgan fingerprint density at radius 1 is 1.17 bits per heavy atom. The SMILES string of the molecule is CC(=O)OC1=C(COCc2ccccc2)C2CCCCC2=C1C. The molecule has 0 heterocycles. The van der Waals surface area contributed by atoms with Crippen molar-refractivity contribution in [2.75, 3.05) is 6.61 Å². The Hall–Kier alpha value is -1.87. The molecule has 0 radical (unpaired) electrons. The topological polar surface area (TPSA) is 35.5 Å². The fraction of sp³-hybridized carbons (Fsp3) is 0.450. The number of allylic oxidation sites excluding steroid dienone is 2. The second-order valence-electron chi connectivity index (χ2n) is 6.38. The third-order valence-electron chi connectivity index (χ3n) is 4.76. The number of benzene rings is 1. The van der Waals surface area contributed by atoms with Crippen molar-refractivity contribution < 1.29 is 14.3 Å². The molecular weight excluding hydrogens is 288 g/mol. The lowest BCUT2D eigenvalue weighted by molar-refractivity contribution is -0.136. The maximum absolute atomic E-state index is 11.5. The summed E-state index contributed by atoms with van der Waals surface area (Å²) in [4.78, 5) is 11.5. The minimum absolute atomic E-state index is 0.251. The van der Waals surface area contributed by atoms with Crippen LogP contribution in [0.5, 0.6) is 0 Å².